The summed E-state index contributed by atoms with van der Waals surface area (Å²) in [6.07, 6.45) is 2.60. The van der Waals surface area contributed by atoms with Crippen molar-refractivity contribution in [3.8, 4) is 0 Å². The fourth-order valence-corrected chi connectivity index (χ4v) is 3.71. The third kappa shape index (κ3) is 3.91. The Kier molecular flexibility index (Phi) is 4.96. The number of carbonyl (C=O) groups excluding carboxylic acids is 1. The number of hydrogen-bond donors (Lipinski definition) is 1. The van der Waals surface area contributed by atoms with Crippen LogP contribution in [0.3, 0.4) is 0 Å². The molecule has 0 spiro atoms. The van der Waals surface area contributed by atoms with Crippen LogP contribution >= 0.6 is 0 Å². The molecule has 2 fully saturated rings. The number of piperidine rings is 1. The van der Waals surface area contributed by atoms with E-state index in [1.807, 2.05) is 35.2 Å². The van der Waals surface area contributed by atoms with Crippen molar-refractivity contribution in [1.82, 2.24) is 9.80 Å². The summed E-state index contributed by atoms with van der Waals surface area (Å²) in [6.45, 7) is 3.54. The van der Waals surface area contributed by atoms with Crippen molar-refractivity contribution in [3.63, 3.8) is 0 Å². The molecule has 2 aliphatic rings. The van der Waals surface area contributed by atoms with Gasteiger partial charge in [-0.3, -0.25) is 14.5 Å². The van der Waals surface area contributed by atoms with Crippen LogP contribution in [0.4, 0.5) is 0 Å². The highest BCUT2D eigenvalue weighted by Crippen LogP contribution is 2.26. The van der Waals surface area contributed by atoms with Gasteiger partial charge in [-0.15, -0.1) is 0 Å². The third-order valence-corrected chi connectivity index (χ3v) is 4.89. The lowest BCUT2D eigenvalue weighted by Crippen LogP contribution is -2.48. The third-order valence-electron chi connectivity index (χ3n) is 4.89. The Balaban J connectivity index is 1.70. The zero-order valence-electron chi connectivity index (χ0n) is 13.4. The lowest BCUT2D eigenvalue weighted by molar-refractivity contribution is -0.147. The predicted octanol–water partition coefficient (Wildman–Crippen LogP) is 1.83. The van der Waals surface area contributed by atoms with Crippen LogP contribution in [0.1, 0.15) is 24.8 Å². The van der Waals surface area contributed by atoms with Gasteiger partial charge in [0, 0.05) is 32.7 Å². The molecule has 0 aromatic heterocycles. The fraction of sp³-hybridized carbons (Fsp3) is 0.556. The first kappa shape index (κ1) is 16.0. The molecule has 0 saturated carbocycles. The largest absolute Gasteiger partial charge is 0.481 e. The molecule has 2 atom stereocenters. The van der Waals surface area contributed by atoms with Gasteiger partial charge < -0.3 is 10.0 Å². The number of carboxylic acids is 1. The zero-order chi connectivity index (χ0) is 16.2. The monoisotopic (exact) mass is 316 g/mol. The number of likely N-dealkylation sites (tertiary alicyclic amines) is 2. The topological polar surface area (TPSA) is 60.9 Å². The number of benzene rings is 1. The lowest BCUT2D eigenvalue weighted by atomic mass is 9.88. The molecule has 5 nitrogen and oxygen atoms in total. The van der Waals surface area contributed by atoms with Gasteiger partial charge in [-0.05, 0) is 24.8 Å². The maximum atomic E-state index is 12.7. The summed E-state index contributed by atoms with van der Waals surface area (Å²) in [5.74, 6) is -1.29. The van der Waals surface area contributed by atoms with Gasteiger partial charge >= 0.3 is 5.97 Å². The van der Waals surface area contributed by atoms with Crippen LogP contribution in [0.2, 0.25) is 0 Å². The van der Waals surface area contributed by atoms with Crippen molar-refractivity contribution in [3.05, 3.63) is 35.9 Å². The van der Waals surface area contributed by atoms with Gasteiger partial charge in [0.15, 0.2) is 0 Å². The Hall–Kier alpha value is -1.88. The van der Waals surface area contributed by atoms with Gasteiger partial charge in [-0.2, -0.15) is 0 Å². The van der Waals surface area contributed by atoms with E-state index in [4.69, 9.17) is 0 Å². The van der Waals surface area contributed by atoms with E-state index < -0.39 is 11.9 Å². The molecule has 1 amide bonds. The molecular formula is C18H24N2O3. The Morgan fingerprint density at radius 3 is 2.35 bits per heavy atom. The second kappa shape index (κ2) is 7.13. The number of carboxylic acid groups (broad SMARTS) is 1. The van der Waals surface area contributed by atoms with Crippen LogP contribution in [0.25, 0.3) is 0 Å². The maximum absolute atomic E-state index is 12.7. The van der Waals surface area contributed by atoms with Crippen molar-refractivity contribution in [2.45, 2.75) is 25.8 Å². The van der Waals surface area contributed by atoms with Gasteiger partial charge in [-0.1, -0.05) is 30.3 Å². The lowest BCUT2D eigenvalue weighted by Gasteiger charge is -2.37. The van der Waals surface area contributed by atoms with Crippen LogP contribution in [-0.2, 0) is 16.1 Å². The van der Waals surface area contributed by atoms with E-state index >= 15 is 0 Å². The van der Waals surface area contributed by atoms with Crippen molar-refractivity contribution >= 4 is 11.9 Å². The molecule has 1 N–H and O–H groups in total. The Morgan fingerprint density at radius 1 is 1.04 bits per heavy atom. The summed E-state index contributed by atoms with van der Waals surface area (Å²) in [6, 6.07) is 10.0. The van der Waals surface area contributed by atoms with E-state index in [0.29, 0.717) is 26.1 Å². The van der Waals surface area contributed by atoms with Crippen LogP contribution < -0.4 is 0 Å². The van der Waals surface area contributed by atoms with Crippen molar-refractivity contribution in [2.75, 3.05) is 26.2 Å². The minimum atomic E-state index is -0.790. The van der Waals surface area contributed by atoms with Crippen LogP contribution in [0, 0.1) is 11.8 Å². The highest BCUT2D eigenvalue weighted by Gasteiger charge is 2.37. The van der Waals surface area contributed by atoms with Crippen molar-refractivity contribution < 1.29 is 14.7 Å². The summed E-state index contributed by atoms with van der Waals surface area (Å²) >= 11 is 0. The number of carbonyl (C=O) groups is 2. The summed E-state index contributed by atoms with van der Waals surface area (Å²) in [5.41, 5.74) is 1.16. The van der Waals surface area contributed by atoms with Crippen molar-refractivity contribution in [1.29, 1.82) is 0 Å². The number of rotatable bonds is 4. The Labute approximate surface area is 136 Å². The van der Waals surface area contributed by atoms with E-state index in [-0.39, 0.29) is 11.8 Å². The molecule has 2 heterocycles. The molecule has 0 aliphatic carbocycles. The van der Waals surface area contributed by atoms with Crippen LogP contribution in [-0.4, -0.2) is 53.0 Å². The average molecular weight is 316 g/mol. The molecule has 124 valence electrons. The first-order valence-electron chi connectivity index (χ1n) is 8.41. The first-order chi connectivity index (χ1) is 11.1. The second-order valence-electron chi connectivity index (χ2n) is 6.68. The molecule has 1 aromatic rings. The van der Waals surface area contributed by atoms with Gasteiger partial charge in [0.25, 0.3) is 0 Å². The number of hydrogen-bond acceptors (Lipinski definition) is 3. The van der Waals surface area contributed by atoms with E-state index in [1.165, 1.54) is 0 Å². The molecule has 3 rings (SSSR count). The number of nitrogens with zero attached hydrogens (tertiary/aromatic N) is 2. The molecule has 1 aromatic carbocycles. The van der Waals surface area contributed by atoms with E-state index in [9.17, 15) is 14.7 Å². The Morgan fingerprint density at radius 2 is 1.70 bits per heavy atom. The summed E-state index contributed by atoms with van der Waals surface area (Å²) in [4.78, 5) is 28.2. The van der Waals surface area contributed by atoms with E-state index in [1.54, 1.807) is 0 Å². The fourth-order valence-electron chi connectivity index (χ4n) is 3.71. The summed E-state index contributed by atoms with van der Waals surface area (Å²) in [7, 11) is 0. The van der Waals surface area contributed by atoms with Gasteiger partial charge in [0.05, 0.1) is 11.8 Å². The molecule has 5 heteroatoms. The molecule has 0 radical (unpaired) electrons. The van der Waals surface area contributed by atoms with Gasteiger partial charge in [-0.25, -0.2) is 0 Å². The molecule has 2 unspecified atom stereocenters. The zero-order valence-corrected chi connectivity index (χ0v) is 13.4. The predicted molar refractivity (Wildman–Crippen MR) is 86.8 cm³/mol. The second-order valence-corrected chi connectivity index (χ2v) is 6.68. The standard InChI is InChI=1S/C18H24N2O3/c21-17(20-8-4-5-9-20)15-10-16(18(22)23)13-19(12-15)11-14-6-2-1-3-7-14/h1-3,6-7,15-16H,4-5,8-13H2,(H,22,23). The minimum absolute atomic E-state index is 0.145. The first-order valence-corrected chi connectivity index (χ1v) is 8.41. The minimum Gasteiger partial charge on any atom is -0.481 e. The molecule has 2 aliphatic heterocycles. The molecule has 0 bridgehead atoms. The summed E-state index contributed by atoms with van der Waals surface area (Å²) in [5, 5.41) is 9.44. The van der Waals surface area contributed by atoms with Crippen LogP contribution in [0.15, 0.2) is 30.3 Å². The van der Waals surface area contributed by atoms with E-state index in [2.05, 4.69) is 4.90 Å². The highest BCUT2D eigenvalue weighted by atomic mass is 16.4. The number of aliphatic carboxylic acids is 1. The Bertz CT molecular complexity index is 555. The summed E-state index contributed by atoms with van der Waals surface area (Å²) < 4.78 is 0. The normalized spacial score (nSPS) is 25.5. The SMILES string of the molecule is O=C(O)C1CC(C(=O)N2CCCC2)CN(Cc2ccccc2)C1. The molecular weight excluding hydrogens is 292 g/mol. The molecule has 2 saturated heterocycles. The smallest absolute Gasteiger partial charge is 0.307 e. The quantitative estimate of drug-likeness (QED) is 0.920. The average Bonchev–Trinajstić information content (AvgIpc) is 3.09. The maximum Gasteiger partial charge on any atom is 0.307 e. The van der Waals surface area contributed by atoms with Crippen LogP contribution in [0.5, 0.6) is 0 Å². The van der Waals surface area contributed by atoms with E-state index in [0.717, 1.165) is 31.5 Å². The van der Waals surface area contributed by atoms with Gasteiger partial charge in [0.1, 0.15) is 0 Å². The highest BCUT2D eigenvalue weighted by molar-refractivity contribution is 5.80. The number of amides is 1. The van der Waals surface area contributed by atoms with Gasteiger partial charge in [0.2, 0.25) is 5.91 Å². The van der Waals surface area contributed by atoms with Crippen molar-refractivity contribution in [2.24, 2.45) is 11.8 Å². The molecule has 23 heavy (non-hydrogen) atoms.